The highest BCUT2D eigenvalue weighted by atomic mass is 35.5. The fourth-order valence-electron chi connectivity index (χ4n) is 3.27. The molecule has 1 amide bonds. The summed E-state index contributed by atoms with van der Waals surface area (Å²) in [5, 5.41) is 2.99. The summed E-state index contributed by atoms with van der Waals surface area (Å²) in [6, 6.07) is 6.50. The molecule has 0 unspecified atom stereocenters. The van der Waals surface area contributed by atoms with Crippen LogP contribution in [0.2, 0.25) is 5.02 Å². The highest BCUT2D eigenvalue weighted by molar-refractivity contribution is 6.33. The summed E-state index contributed by atoms with van der Waals surface area (Å²) >= 11 is 6.07. The molecule has 2 aromatic carbocycles. The number of methoxy groups -OCH3 is 2. The average molecular weight is 472 g/mol. The van der Waals surface area contributed by atoms with Crippen LogP contribution in [0.5, 0.6) is 11.5 Å². The van der Waals surface area contributed by atoms with E-state index >= 15 is 0 Å². The molecule has 2 atom stereocenters. The molecule has 3 rings (SSSR count). The third-order valence-corrected chi connectivity index (χ3v) is 5.32. The zero-order valence-electron chi connectivity index (χ0n) is 23.7. The first-order valence-corrected chi connectivity index (χ1v) is 10.2. The molecule has 0 spiro atoms. The van der Waals surface area contributed by atoms with E-state index in [9.17, 15) is 9.18 Å². The predicted molar refractivity (Wildman–Crippen MR) is 122 cm³/mol. The van der Waals surface area contributed by atoms with E-state index in [0.29, 0.717) is 0 Å². The molecule has 1 aliphatic heterocycles. The molecule has 7 nitrogen and oxygen atoms in total. The summed E-state index contributed by atoms with van der Waals surface area (Å²) in [6.07, 6.45) is -3.79. The van der Waals surface area contributed by atoms with Crippen LogP contribution in [0.1, 0.15) is 31.4 Å². The van der Waals surface area contributed by atoms with Gasteiger partial charge in [0.15, 0.2) is 0 Å². The standard InChI is InChI=1S/C23H29ClFN3O4/c1-30-21-13-19(26)18(24)12-17(21)23(29)27-20-8-10-28(14-22(20)31-2)9-3-11-32-16-6-4-15(25)5-7-16/h4-7,12-13,20,22H,3,8-11,14,26H2,1-2H3,(H,27,29)/t20-,22+/m1/s1/i3D2,9D2,11D2. The fourth-order valence-corrected chi connectivity index (χ4v) is 3.44. The van der Waals surface area contributed by atoms with Gasteiger partial charge in [-0.2, -0.15) is 0 Å². The molecule has 0 radical (unpaired) electrons. The van der Waals surface area contributed by atoms with Crippen molar-refractivity contribution in [1.29, 1.82) is 0 Å². The number of benzene rings is 2. The number of rotatable bonds is 9. The summed E-state index contributed by atoms with van der Waals surface area (Å²) in [4.78, 5) is 14.1. The molecule has 1 aliphatic rings. The van der Waals surface area contributed by atoms with E-state index in [1.807, 2.05) is 0 Å². The lowest BCUT2D eigenvalue weighted by Crippen LogP contribution is -2.55. The molecule has 1 fully saturated rings. The van der Waals surface area contributed by atoms with E-state index in [2.05, 4.69) is 5.32 Å². The largest absolute Gasteiger partial charge is 0.496 e. The lowest BCUT2D eigenvalue weighted by Gasteiger charge is -2.38. The zero-order chi connectivity index (χ0) is 28.5. The van der Waals surface area contributed by atoms with Gasteiger partial charge in [-0.15, -0.1) is 0 Å². The van der Waals surface area contributed by atoms with Gasteiger partial charge in [0.2, 0.25) is 0 Å². The van der Waals surface area contributed by atoms with Gasteiger partial charge in [-0.1, -0.05) is 11.6 Å². The summed E-state index contributed by atoms with van der Waals surface area (Å²) < 4.78 is 79.2. The van der Waals surface area contributed by atoms with Crippen LogP contribution in [0.15, 0.2) is 36.4 Å². The van der Waals surface area contributed by atoms with Crippen LogP contribution in [0, 0.1) is 5.82 Å². The van der Waals surface area contributed by atoms with Crippen molar-refractivity contribution in [3.05, 3.63) is 52.8 Å². The number of carbonyl (C=O) groups excluding carboxylic acids is 1. The number of nitrogen functional groups attached to an aromatic ring is 1. The number of amides is 1. The van der Waals surface area contributed by atoms with Crippen LogP contribution >= 0.6 is 11.6 Å². The van der Waals surface area contributed by atoms with E-state index in [0.717, 1.165) is 29.2 Å². The third kappa shape index (κ3) is 6.25. The third-order valence-electron chi connectivity index (χ3n) is 4.99. The number of hydrogen-bond donors (Lipinski definition) is 2. The van der Waals surface area contributed by atoms with Crippen molar-refractivity contribution in [2.24, 2.45) is 0 Å². The maximum absolute atomic E-state index is 13.2. The van der Waals surface area contributed by atoms with Crippen molar-refractivity contribution in [3.8, 4) is 11.5 Å². The quantitative estimate of drug-likeness (QED) is 0.545. The number of nitrogens with zero attached hydrogens (tertiary/aromatic N) is 1. The van der Waals surface area contributed by atoms with E-state index in [4.69, 9.17) is 39.8 Å². The molecule has 9 heteroatoms. The first-order valence-electron chi connectivity index (χ1n) is 12.8. The molecular formula is C23H29ClFN3O4. The minimum Gasteiger partial charge on any atom is -0.496 e. The Labute approximate surface area is 201 Å². The number of anilines is 1. The lowest BCUT2D eigenvalue weighted by molar-refractivity contribution is 0.00527. The maximum atomic E-state index is 13.2. The number of hydrogen-bond acceptors (Lipinski definition) is 6. The molecular weight excluding hydrogens is 437 g/mol. The van der Waals surface area contributed by atoms with Gasteiger partial charge >= 0.3 is 0 Å². The Morgan fingerprint density at radius 3 is 2.78 bits per heavy atom. The van der Waals surface area contributed by atoms with Crippen molar-refractivity contribution in [3.63, 3.8) is 0 Å². The molecule has 2 aromatic rings. The Morgan fingerprint density at radius 1 is 1.34 bits per heavy atom. The first kappa shape index (κ1) is 17.0. The van der Waals surface area contributed by atoms with E-state index in [1.54, 1.807) is 0 Å². The molecule has 3 N–H and O–H groups in total. The summed E-state index contributed by atoms with van der Waals surface area (Å²) in [7, 11) is 2.75. The van der Waals surface area contributed by atoms with Gasteiger partial charge in [0.1, 0.15) is 17.3 Å². The number of nitrogens with one attached hydrogen (secondary N) is 1. The highest BCUT2D eigenvalue weighted by Gasteiger charge is 2.31. The topological polar surface area (TPSA) is 86.1 Å². The van der Waals surface area contributed by atoms with Gasteiger partial charge in [-0.05, 0) is 43.1 Å². The van der Waals surface area contributed by atoms with E-state index < -0.39 is 43.3 Å². The molecule has 0 saturated carbocycles. The van der Waals surface area contributed by atoms with Gasteiger partial charge in [-0.3, -0.25) is 4.79 Å². The van der Waals surface area contributed by atoms with Crippen LogP contribution in [0.3, 0.4) is 0 Å². The van der Waals surface area contributed by atoms with Gasteiger partial charge in [0.05, 0.1) is 44.8 Å². The molecule has 1 heterocycles. The lowest BCUT2D eigenvalue weighted by atomic mass is 10.0. The highest BCUT2D eigenvalue weighted by Crippen LogP contribution is 2.29. The van der Waals surface area contributed by atoms with Crippen molar-refractivity contribution < 1.29 is 31.6 Å². The predicted octanol–water partition coefficient (Wildman–Crippen LogP) is 3.36. The molecule has 32 heavy (non-hydrogen) atoms. The summed E-state index contributed by atoms with van der Waals surface area (Å²) in [6.45, 7) is -6.20. The Kier molecular flexibility index (Phi) is 6.03. The number of piperidine rings is 1. The average Bonchev–Trinajstić information content (AvgIpc) is 2.86. The van der Waals surface area contributed by atoms with Crippen LogP contribution in [0.4, 0.5) is 10.1 Å². The maximum Gasteiger partial charge on any atom is 0.255 e. The van der Waals surface area contributed by atoms with Gasteiger partial charge in [-0.25, -0.2) is 4.39 Å². The SMILES string of the molecule is [2H]C([2H])(Oc1ccc(F)cc1)C([2H])([2H])C([2H])([2H])N1CC[C@@H](NC(=O)c2cc(Cl)c(N)cc2OC)[C@@H](OC)C1. The molecule has 1 saturated heterocycles. The van der Waals surface area contributed by atoms with Gasteiger partial charge in [0.25, 0.3) is 5.91 Å². The van der Waals surface area contributed by atoms with Crippen LogP contribution < -0.4 is 20.5 Å². The Morgan fingerprint density at radius 2 is 2.09 bits per heavy atom. The molecule has 0 bridgehead atoms. The number of ether oxygens (including phenoxy) is 3. The van der Waals surface area contributed by atoms with Crippen LogP contribution in [-0.2, 0) is 4.74 Å². The molecule has 0 aromatic heterocycles. The number of nitrogens with two attached hydrogens (primary N) is 1. The van der Waals surface area contributed by atoms with Crippen molar-refractivity contribution in [2.75, 3.05) is 46.1 Å². The minimum absolute atomic E-state index is 0.0381. The Bertz CT molecular complexity index is 1160. The first-order chi connectivity index (χ1) is 17.6. The van der Waals surface area contributed by atoms with Crippen LogP contribution in [-0.4, -0.2) is 63.3 Å². The smallest absolute Gasteiger partial charge is 0.255 e. The minimum atomic E-state index is -3.18. The fraction of sp³-hybridized carbons (Fsp3) is 0.435. The van der Waals surface area contributed by atoms with Crippen LogP contribution in [0.25, 0.3) is 0 Å². The second-order valence-electron chi connectivity index (χ2n) is 7.06. The second-order valence-corrected chi connectivity index (χ2v) is 7.46. The summed E-state index contributed by atoms with van der Waals surface area (Å²) in [5.41, 5.74) is 6.16. The number of carbonyl (C=O) groups is 1. The monoisotopic (exact) mass is 471 g/mol. The second kappa shape index (κ2) is 11.4. The number of halogens is 2. The zero-order valence-corrected chi connectivity index (χ0v) is 18.4. The molecule has 174 valence electrons. The van der Waals surface area contributed by atoms with Gasteiger partial charge in [0, 0.05) is 38.2 Å². The van der Waals surface area contributed by atoms with Crippen molar-refractivity contribution in [1.82, 2.24) is 10.2 Å². The van der Waals surface area contributed by atoms with Crippen molar-refractivity contribution >= 4 is 23.2 Å². The Balaban J connectivity index is 1.75. The Hall–Kier alpha value is -2.55. The van der Waals surface area contributed by atoms with Crippen molar-refractivity contribution in [2.45, 2.75) is 24.9 Å². The molecule has 0 aliphatic carbocycles. The van der Waals surface area contributed by atoms with E-state index in [1.165, 1.54) is 26.4 Å². The summed E-state index contributed by atoms with van der Waals surface area (Å²) in [5.74, 6) is -1.06. The number of likely N-dealkylation sites (tertiary alicyclic amines) is 1. The van der Waals surface area contributed by atoms with Gasteiger partial charge < -0.3 is 30.2 Å². The normalized spacial score (nSPS) is 23.0. The van der Waals surface area contributed by atoms with E-state index in [-0.39, 0.29) is 47.3 Å².